The molecule has 6 nitrogen and oxygen atoms in total. The molecular formula is C20H30F2N6. The van der Waals surface area contributed by atoms with Crippen LogP contribution in [0.25, 0.3) is 0 Å². The monoisotopic (exact) mass is 392 g/mol. The third kappa shape index (κ3) is 4.22. The number of hydrogen-bond donors (Lipinski definition) is 2. The lowest BCUT2D eigenvalue weighted by Gasteiger charge is -2.47. The van der Waals surface area contributed by atoms with Crippen molar-refractivity contribution < 1.29 is 8.78 Å². The predicted molar refractivity (Wildman–Crippen MR) is 108 cm³/mol. The molecule has 0 radical (unpaired) electrons. The number of nitrogens with zero attached hydrogens (tertiary/aromatic N) is 4. The van der Waals surface area contributed by atoms with Crippen LogP contribution in [0.5, 0.6) is 0 Å². The van der Waals surface area contributed by atoms with E-state index in [2.05, 4.69) is 20.4 Å². The molecule has 2 unspecified atom stereocenters. The number of fused-ring (bicyclic) bond motifs is 3. The van der Waals surface area contributed by atoms with E-state index in [1.807, 2.05) is 6.92 Å². The van der Waals surface area contributed by atoms with Gasteiger partial charge in [-0.05, 0) is 25.5 Å². The van der Waals surface area contributed by atoms with Gasteiger partial charge in [0, 0.05) is 64.4 Å². The lowest BCUT2D eigenvalue weighted by atomic mass is 10.1. The molecule has 0 spiro atoms. The summed E-state index contributed by atoms with van der Waals surface area (Å²) >= 11 is 0. The van der Waals surface area contributed by atoms with Crippen LogP contribution in [0.15, 0.2) is 23.2 Å². The number of guanidine groups is 1. The Morgan fingerprint density at radius 3 is 2.50 bits per heavy atom. The second kappa shape index (κ2) is 8.61. The lowest BCUT2D eigenvalue weighted by Crippen LogP contribution is -2.62. The van der Waals surface area contributed by atoms with Gasteiger partial charge in [-0.1, -0.05) is 6.07 Å². The Labute approximate surface area is 165 Å². The number of benzene rings is 1. The molecule has 8 heteroatoms. The minimum absolute atomic E-state index is 0.0776. The third-order valence-corrected chi connectivity index (χ3v) is 5.98. The molecule has 5 rings (SSSR count). The van der Waals surface area contributed by atoms with Gasteiger partial charge in [-0.15, -0.1) is 0 Å². The van der Waals surface area contributed by atoms with Crippen molar-refractivity contribution in [3.8, 4) is 0 Å². The summed E-state index contributed by atoms with van der Waals surface area (Å²) in [5.74, 6) is -0.212. The van der Waals surface area contributed by atoms with Crippen LogP contribution >= 0.6 is 0 Å². The first-order valence-electron chi connectivity index (χ1n) is 10.3. The molecule has 4 saturated heterocycles. The van der Waals surface area contributed by atoms with Crippen molar-refractivity contribution in [2.75, 3.05) is 63.8 Å². The number of rotatable bonds is 5. The number of halogens is 2. The number of piperazine rings is 3. The van der Waals surface area contributed by atoms with E-state index in [4.69, 9.17) is 4.99 Å². The van der Waals surface area contributed by atoms with E-state index >= 15 is 0 Å². The summed E-state index contributed by atoms with van der Waals surface area (Å²) in [6.45, 7) is 10.5. The Morgan fingerprint density at radius 1 is 1.11 bits per heavy atom. The summed E-state index contributed by atoms with van der Waals surface area (Å²) in [7, 11) is 0. The van der Waals surface area contributed by atoms with E-state index in [1.165, 1.54) is 31.3 Å². The smallest absolute Gasteiger partial charge is 0.191 e. The van der Waals surface area contributed by atoms with Crippen LogP contribution in [0.2, 0.25) is 0 Å². The van der Waals surface area contributed by atoms with Gasteiger partial charge < -0.3 is 15.5 Å². The van der Waals surface area contributed by atoms with Crippen LogP contribution in [-0.2, 0) is 0 Å². The average molecular weight is 392 g/mol. The Morgan fingerprint density at radius 2 is 1.86 bits per heavy atom. The van der Waals surface area contributed by atoms with Gasteiger partial charge in [-0.3, -0.25) is 14.8 Å². The number of nitrogens with one attached hydrogen (secondary N) is 2. The number of hydrogen-bond acceptors (Lipinski definition) is 4. The number of para-hydroxylation sites is 1. The maximum absolute atomic E-state index is 14.1. The molecule has 4 heterocycles. The standard InChI is InChI=1S/C20H30F2N6/c1-2-23-20(24-12-16-14-26-8-10-27(16)11-9-26)25-15-6-7-28(13-15)19-17(21)4-3-5-18(19)22/h3-5,15-16H,2,6-14H2,1H3,(H2,23,24,25). The van der Waals surface area contributed by atoms with E-state index < -0.39 is 11.6 Å². The zero-order valence-electron chi connectivity index (χ0n) is 16.5. The molecule has 4 aliphatic heterocycles. The molecule has 2 N–H and O–H groups in total. The van der Waals surface area contributed by atoms with E-state index in [1.54, 1.807) is 4.90 Å². The van der Waals surface area contributed by atoms with Crippen molar-refractivity contribution in [3.63, 3.8) is 0 Å². The minimum Gasteiger partial charge on any atom is -0.365 e. The topological polar surface area (TPSA) is 46.1 Å². The molecule has 2 atom stereocenters. The number of aliphatic imine (C=N–C) groups is 1. The van der Waals surface area contributed by atoms with Crippen LogP contribution in [0.3, 0.4) is 0 Å². The molecule has 28 heavy (non-hydrogen) atoms. The van der Waals surface area contributed by atoms with Crippen molar-refractivity contribution in [2.24, 2.45) is 4.99 Å². The predicted octanol–water partition coefficient (Wildman–Crippen LogP) is 1.10. The van der Waals surface area contributed by atoms with Crippen LogP contribution in [0.4, 0.5) is 14.5 Å². The largest absolute Gasteiger partial charge is 0.365 e. The molecule has 4 fully saturated rings. The molecule has 1 aromatic carbocycles. The maximum Gasteiger partial charge on any atom is 0.191 e. The Balaban J connectivity index is 1.36. The average Bonchev–Trinajstić information content (AvgIpc) is 3.15. The summed E-state index contributed by atoms with van der Waals surface area (Å²) < 4.78 is 28.1. The highest BCUT2D eigenvalue weighted by molar-refractivity contribution is 5.80. The van der Waals surface area contributed by atoms with Gasteiger partial charge in [-0.25, -0.2) is 8.78 Å². The third-order valence-electron chi connectivity index (χ3n) is 5.98. The Kier molecular flexibility index (Phi) is 5.96. The summed E-state index contributed by atoms with van der Waals surface area (Å²) in [5, 5.41) is 6.77. The number of anilines is 1. The molecule has 0 amide bonds. The molecular weight excluding hydrogens is 362 g/mol. The lowest BCUT2D eigenvalue weighted by molar-refractivity contribution is 0.0174. The summed E-state index contributed by atoms with van der Waals surface area (Å²) in [4.78, 5) is 11.6. The minimum atomic E-state index is -0.502. The molecule has 4 aliphatic rings. The summed E-state index contributed by atoms with van der Waals surface area (Å²) in [6.07, 6.45) is 0.821. The fraction of sp³-hybridized carbons (Fsp3) is 0.650. The van der Waals surface area contributed by atoms with Crippen LogP contribution in [0.1, 0.15) is 13.3 Å². The first-order valence-corrected chi connectivity index (χ1v) is 10.3. The van der Waals surface area contributed by atoms with E-state index in [0.29, 0.717) is 19.1 Å². The molecule has 0 aliphatic carbocycles. The van der Waals surface area contributed by atoms with Gasteiger partial charge in [0.15, 0.2) is 5.96 Å². The quantitative estimate of drug-likeness (QED) is 0.581. The van der Waals surface area contributed by atoms with Crippen LogP contribution in [-0.4, -0.2) is 86.7 Å². The Bertz CT molecular complexity index is 684. The van der Waals surface area contributed by atoms with Crippen molar-refractivity contribution in [2.45, 2.75) is 25.4 Å². The normalized spacial score (nSPS) is 30.0. The highest BCUT2D eigenvalue weighted by atomic mass is 19.1. The fourth-order valence-corrected chi connectivity index (χ4v) is 4.48. The van der Waals surface area contributed by atoms with Gasteiger partial charge in [0.2, 0.25) is 0 Å². The van der Waals surface area contributed by atoms with Gasteiger partial charge in [0.25, 0.3) is 0 Å². The van der Waals surface area contributed by atoms with Crippen molar-refractivity contribution in [1.82, 2.24) is 20.4 Å². The summed E-state index contributed by atoms with van der Waals surface area (Å²) in [6, 6.07) is 4.62. The molecule has 2 bridgehead atoms. The summed E-state index contributed by atoms with van der Waals surface area (Å²) in [5.41, 5.74) is 0.0776. The zero-order chi connectivity index (χ0) is 19.5. The van der Waals surface area contributed by atoms with Crippen LogP contribution < -0.4 is 15.5 Å². The van der Waals surface area contributed by atoms with Crippen molar-refractivity contribution in [1.29, 1.82) is 0 Å². The Hall–Kier alpha value is -1.93. The fourth-order valence-electron chi connectivity index (χ4n) is 4.48. The van der Waals surface area contributed by atoms with Crippen molar-refractivity contribution >= 4 is 11.6 Å². The van der Waals surface area contributed by atoms with Crippen molar-refractivity contribution in [3.05, 3.63) is 29.8 Å². The van der Waals surface area contributed by atoms with Gasteiger partial charge in [-0.2, -0.15) is 0 Å². The SMILES string of the molecule is CCNC(=NCC1CN2CCN1CC2)NC1CCN(c2c(F)cccc2F)C1. The maximum atomic E-state index is 14.1. The van der Waals surface area contributed by atoms with Gasteiger partial charge >= 0.3 is 0 Å². The highest BCUT2D eigenvalue weighted by Gasteiger charge is 2.32. The first kappa shape index (κ1) is 19.4. The first-order chi connectivity index (χ1) is 13.6. The van der Waals surface area contributed by atoms with Gasteiger partial charge in [0.1, 0.15) is 17.3 Å². The van der Waals surface area contributed by atoms with Gasteiger partial charge in [0.05, 0.1) is 6.54 Å². The highest BCUT2D eigenvalue weighted by Crippen LogP contribution is 2.26. The zero-order valence-corrected chi connectivity index (χ0v) is 16.5. The molecule has 0 aromatic heterocycles. The van der Waals surface area contributed by atoms with E-state index in [-0.39, 0.29) is 11.7 Å². The van der Waals surface area contributed by atoms with Crippen LogP contribution in [0, 0.1) is 11.6 Å². The molecule has 154 valence electrons. The molecule has 0 saturated carbocycles. The van der Waals surface area contributed by atoms with E-state index in [0.717, 1.165) is 45.1 Å². The second-order valence-electron chi connectivity index (χ2n) is 7.86. The molecule has 1 aromatic rings. The van der Waals surface area contributed by atoms with E-state index in [9.17, 15) is 8.78 Å². The second-order valence-corrected chi connectivity index (χ2v) is 7.86.